The second-order valence-electron chi connectivity index (χ2n) is 4.28. The summed E-state index contributed by atoms with van der Waals surface area (Å²) in [5.74, 6) is 1.28. The molecule has 2 N–H and O–H groups in total. The van der Waals surface area contributed by atoms with E-state index < -0.39 is 0 Å². The molecule has 1 atom stereocenters. The van der Waals surface area contributed by atoms with Crippen LogP contribution in [-0.4, -0.2) is 17.4 Å². The van der Waals surface area contributed by atoms with E-state index in [-0.39, 0.29) is 12.6 Å². The molecule has 2 aromatic rings. The molecule has 0 spiro atoms. The van der Waals surface area contributed by atoms with Crippen LogP contribution in [0.2, 0.25) is 0 Å². The number of rotatable bonds is 5. The van der Waals surface area contributed by atoms with E-state index in [1.807, 2.05) is 32.0 Å². The van der Waals surface area contributed by atoms with Crippen molar-refractivity contribution in [3.05, 3.63) is 35.2 Å². The van der Waals surface area contributed by atoms with Crippen molar-refractivity contribution in [3.63, 3.8) is 0 Å². The Balaban J connectivity index is 2.14. The second-order valence-corrected chi connectivity index (χ2v) is 4.28. The third-order valence-corrected chi connectivity index (χ3v) is 2.82. The minimum Gasteiger partial charge on any atom is -0.493 e. The largest absolute Gasteiger partial charge is 0.493 e. The quantitative estimate of drug-likeness (QED) is 0.888. The number of benzene rings is 1. The molecule has 0 aliphatic rings. The van der Waals surface area contributed by atoms with Crippen LogP contribution < -0.4 is 15.2 Å². The van der Waals surface area contributed by atoms with Gasteiger partial charge in [-0.25, -0.2) is 4.63 Å². The van der Waals surface area contributed by atoms with Gasteiger partial charge in [-0.1, -0.05) is 16.4 Å². The lowest BCUT2D eigenvalue weighted by molar-refractivity contribution is 0.260. The van der Waals surface area contributed by atoms with Crippen molar-refractivity contribution in [2.75, 3.05) is 7.11 Å². The molecule has 1 heterocycles. The molecule has 6 heteroatoms. The maximum Gasteiger partial charge on any atom is 0.161 e. The summed E-state index contributed by atoms with van der Waals surface area (Å²) in [5, 5.41) is 7.46. The second kappa shape index (κ2) is 5.71. The Kier molecular flexibility index (Phi) is 4.01. The highest BCUT2D eigenvalue weighted by Gasteiger charge is 2.11. The predicted octanol–water partition coefficient (Wildman–Crippen LogP) is 1.99. The van der Waals surface area contributed by atoms with E-state index in [9.17, 15) is 0 Å². The van der Waals surface area contributed by atoms with E-state index in [2.05, 4.69) is 14.9 Å². The van der Waals surface area contributed by atoms with Crippen molar-refractivity contribution in [2.24, 2.45) is 5.73 Å². The van der Waals surface area contributed by atoms with Gasteiger partial charge in [0.1, 0.15) is 18.0 Å². The van der Waals surface area contributed by atoms with E-state index in [1.54, 1.807) is 7.11 Å². The van der Waals surface area contributed by atoms with Gasteiger partial charge in [-0.2, -0.15) is 0 Å². The van der Waals surface area contributed by atoms with Crippen LogP contribution in [0.15, 0.2) is 22.8 Å². The zero-order valence-corrected chi connectivity index (χ0v) is 11.2. The van der Waals surface area contributed by atoms with Gasteiger partial charge < -0.3 is 15.2 Å². The molecule has 0 amide bonds. The van der Waals surface area contributed by atoms with Crippen molar-refractivity contribution >= 4 is 0 Å². The number of nitrogens with zero attached hydrogens (tertiary/aromatic N) is 2. The topological polar surface area (TPSA) is 83.4 Å². The van der Waals surface area contributed by atoms with Gasteiger partial charge in [-0.15, -0.1) is 0 Å². The lowest BCUT2D eigenvalue weighted by atomic mass is 10.1. The number of aromatic nitrogens is 2. The molecule has 0 aliphatic carbocycles. The fourth-order valence-electron chi connectivity index (χ4n) is 1.61. The van der Waals surface area contributed by atoms with E-state index in [0.717, 1.165) is 5.56 Å². The summed E-state index contributed by atoms with van der Waals surface area (Å²) in [6, 6.07) is 5.56. The standard InChI is InChI=1S/C13H17N3O3/c1-8(14)10-4-5-12(13(6-10)17-3)18-7-11-9(2)15-19-16-11/h4-6,8H,7,14H2,1-3H3/t8-/m1/s1. The first-order chi connectivity index (χ1) is 9.11. The summed E-state index contributed by atoms with van der Waals surface area (Å²) in [6.45, 7) is 4.01. The number of nitrogens with two attached hydrogens (primary N) is 1. The molecule has 102 valence electrons. The van der Waals surface area contributed by atoms with E-state index in [0.29, 0.717) is 22.9 Å². The third kappa shape index (κ3) is 3.03. The number of hydrogen-bond acceptors (Lipinski definition) is 6. The number of hydrogen-bond donors (Lipinski definition) is 1. The Bertz CT molecular complexity index is 552. The Morgan fingerprint density at radius 3 is 2.68 bits per heavy atom. The highest BCUT2D eigenvalue weighted by molar-refractivity contribution is 5.43. The Hall–Kier alpha value is -2.08. The fourth-order valence-corrected chi connectivity index (χ4v) is 1.61. The summed E-state index contributed by atoms with van der Waals surface area (Å²) in [7, 11) is 1.59. The molecule has 0 saturated carbocycles. The fraction of sp³-hybridized carbons (Fsp3) is 0.385. The Labute approximate surface area is 111 Å². The summed E-state index contributed by atoms with van der Waals surface area (Å²) < 4.78 is 15.6. The molecular formula is C13H17N3O3. The van der Waals surface area contributed by atoms with E-state index in [4.69, 9.17) is 15.2 Å². The summed E-state index contributed by atoms with van der Waals surface area (Å²) in [4.78, 5) is 0. The van der Waals surface area contributed by atoms with Gasteiger partial charge in [-0.05, 0) is 31.5 Å². The zero-order valence-electron chi connectivity index (χ0n) is 11.2. The molecule has 6 nitrogen and oxygen atoms in total. The van der Waals surface area contributed by atoms with Crippen molar-refractivity contribution in [2.45, 2.75) is 26.5 Å². The average Bonchev–Trinajstić information content (AvgIpc) is 2.81. The van der Waals surface area contributed by atoms with Gasteiger partial charge in [-0.3, -0.25) is 0 Å². The first kappa shape index (κ1) is 13.4. The molecule has 0 fully saturated rings. The molecule has 0 aliphatic heterocycles. The van der Waals surface area contributed by atoms with Gasteiger partial charge in [0.2, 0.25) is 0 Å². The summed E-state index contributed by atoms with van der Waals surface area (Å²) in [6.07, 6.45) is 0. The van der Waals surface area contributed by atoms with Gasteiger partial charge in [0, 0.05) is 6.04 Å². The predicted molar refractivity (Wildman–Crippen MR) is 69.0 cm³/mol. The van der Waals surface area contributed by atoms with E-state index >= 15 is 0 Å². The van der Waals surface area contributed by atoms with Gasteiger partial charge in [0.05, 0.1) is 7.11 Å². The van der Waals surface area contributed by atoms with Gasteiger partial charge in [0.25, 0.3) is 0 Å². The van der Waals surface area contributed by atoms with Crippen LogP contribution in [0, 0.1) is 6.92 Å². The van der Waals surface area contributed by atoms with Crippen LogP contribution in [0.3, 0.4) is 0 Å². The Morgan fingerprint density at radius 2 is 2.11 bits per heavy atom. The lowest BCUT2D eigenvalue weighted by Gasteiger charge is -2.13. The maximum absolute atomic E-state index is 5.83. The summed E-state index contributed by atoms with van der Waals surface area (Å²) in [5.41, 5.74) is 8.20. The van der Waals surface area contributed by atoms with Gasteiger partial charge >= 0.3 is 0 Å². The number of aryl methyl sites for hydroxylation is 1. The molecule has 2 rings (SSSR count). The molecule has 0 radical (unpaired) electrons. The average molecular weight is 263 g/mol. The van der Waals surface area contributed by atoms with Crippen molar-refractivity contribution in [1.82, 2.24) is 10.3 Å². The summed E-state index contributed by atoms with van der Waals surface area (Å²) >= 11 is 0. The van der Waals surface area contributed by atoms with E-state index in [1.165, 1.54) is 0 Å². The van der Waals surface area contributed by atoms with Crippen LogP contribution in [0.1, 0.15) is 29.9 Å². The molecule has 0 saturated heterocycles. The third-order valence-electron chi connectivity index (χ3n) is 2.82. The van der Waals surface area contributed by atoms with Crippen LogP contribution >= 0.6 is 0 Å². The minimum absolute atomic E-state index is 0.0510. The smallest absolute Gasteiger partial charge is 0.161 e. The van der Waals surface area contributed by atoms with Crippen molar-refractivity contribution in [1.29, 1.82) is 0 Å². The lowest BCUT2D eigenvalue weighted by Crippen LogP contribution is -2.06. The minimum atomic E-state index is -0.0510. The maximum atomic E-state index is 5.83. The Morgan fingerprint density at radius 1 is 1.32 bits per heavy atom. The SMILES string of the molecule is COc1cc([C@@H](C)N)ccc1OCc1nonc1C. The van der Waals surface area contributed by atoms with Crippen molar-refractivity contribution < 1.29 is 14.1 Å². The molecule has 0 unspecified atom stereocenters. The molecule has 1 aromatic heterocycles. The number of ether oxygens (including phenoxy) is 2. The highest BCUT2D eigenvalue weighted by Crippen LogP contribution is 2.30. The van der Waals surface area contributed by atoms with Crippen LogP contribution in [0.25, 0.3) is 0 Å². The molecular weight excluding hydrogens is 246 g/mol. The first-order valence-corrected chi connectivity index (χ1v) is 5.96. The number of methoxy groups -OCH3 is 1. The van der Waals surface area contributed by atoms with Crippen molar-refractivity contribution in [3.8, 4) is 11.5 Å². The zero-order chi connectivity index (χ0) is 13.8. The molecule has 0 bridgehead atoms. The highest BCUT2D eigenvalue weighted by atomic mass is 16.6. The first-order valence-electron chi connectivity index (χ1n) is 5.96. The van der Waals surface area contributed by atoms with Crippen LogP contribution in [0.4, 0.5) is 0 Å². The van der Waals surface area contributed by atoms with Crippen LogP contribution in [-0.2, 0) is 6.61 Å². The molecule has 19 heavy (non-hydrogen) atoms. The van der Waals surface area contributed by atoms with Gasteiger partial charge in [0.15, 0.2) is 11.5 Å². The van der Waals surface area contributed by atoms with Crippen LogP contribution in [0.5, 0.6) is 11.5 Å². The monoisotopic (exact) mass is 263 g/mol. The normalized spacial score (nSPS) is 12.2. The molecule has 1 aromatic carbocycles.